The maximum atomic E-state index is 12.9. The van der Waals surface area contributed by atoms with Gasteiger partial charge in [0.25, 0.3) is 5.92 Å². The fourth-order valence-electron chi connectivity index (χ4n) is 1.02. The molecule has 3 N–H and O–H groups in total. The van der Waals surface area contributed by atoms with Crippen LogP contribution in [0.3, 0.4) is 0 Å². The van der Waals surface area contributed by atoms with E-state index in [9.17, 15) is 8.78 Å². The van der Waals surface area contributed by atoms with Gasteiger partial charge in [-0.1, -0.05) is 0 Å². The molecule has 0 unspecified atom stereocenters. The third kappa shape index (κ3) is 3.43. The zero-order valence-electron chi connectivity index (χ0n) is 8.30. The maximum Gasteiger partial charge on any atom is 0.276 e. The Hall–Kier alpha value is -1.19. The smallest absolute Gasteiger partial charge is 0.276 e. The molecule has 1 aromatic carbocycles. The van der Waals surface area contributed by atoms with Gasteiger partial charge < -0.3 is 11.1 Å². The van der Waals surface area contributed by atoms with Crippen molar-refractivity contribution in [2.75, 3.05) is 18.4 Å². The fourth-order valence-corrected chi connectivity index (χ4v) is 1.54. The molecule has 0 radical (unpaired) electrons. The molecule has 0 aliphatic carbocycles. The standard InChI is InChI=1S/C10H10BrF2N3/c11-8-3-7(4-14)1-2-9(8)16-6-10(12,13)5-15/h1-3,16H,5-6,15H2. The molecule has 16 heavy (non-hydrogen) atoms. The summed E-state index contributed by atoms with van der Waals surface area (Å²) in [5.41, 5.74) is 5.88. The first-order valence-electron chi connectivity index (χ1n) is 4.50. The van der Waals surface area contributed by atoms with E-state index in [-0.39, 0.29) is 0 Å². The molecule has 0 aromatic heterocycles. The van der Waals surface area contributed by atoms with Crippen LogP contribution in [-0.2, 0) is 0 Å². The summed E-state index contributed by atoms with van der Waals surface area (Å²) in [4.78, 5) is 0. The molecule has 0 saturated heterocycles. The van der Waals surface area contributed by atoms with Gasteiger partial charge in [0.2, 0.25) is 0 Å². The van der Waals surface area contributed by atoms with Crippen LogP contribution < -0.4 is 11.1 Å². The monoisotopic (exact) mass is 289 g/mol. The van der Waals surface area contributed by atoms with E-state index in [1.165, 1.54) is 0 Å². The van der Waals surface area contributed by atoms with Crippen LogP contribution in [0, 0.1) is 11.3 Å². The highest BCUT2D eigenvalue weighted by Crippen LogP contribution is 2.24. The van der Waals surface area contributed by atoms with Gasteiger partial charge in [0.1, 0.15) is 0 Å². The van der Waals surface area contributed by atoms with Crippen molar-refractivity contribution in [3.63, 3.8) is 0 Å². The predicted octanol–water partition coefficient (Wildman–Crippen LogP) is 2.33. The molecule has 86 valence electrons. The number of alkyl halides is 2. The van der Waals surface area contributed by atoms with E-state index < -0.39 is 19.0 Å². The number of hydrogen-bond acceptors (Lipinski definition) is 3. The van der Waals surface area contributed by atoms with Crippen molar-refractivity contribution in [2.24, 2.45) is 5.73 Å². The highest BCUT2D eigenvalue weighted by atomic mass is 79.9. The summed E-state index contributed by atoms with van der Waals surface area (Å²) in [5, 5.41) is 11.2. The lowest BCUT2D eigenvalue weighted by atomic mass is 10.2. The van der Waals surface area contributed by atoms with Gasteiger partial charge >= 0.3 is 0 Å². The molecule has 0 heterocycles. The summed E-state index contributed by atoms with van der Waals surface area (Å²) >= 11 is 3.19. The Kier molecular flexibility index (Phi) is 4.21. The lowest BCUT2D eigenvalue weighted by Crippen LogP contribution is -2.35. The molecule has 1 rings (SSSR count). The minimum absolute atomic E-state index is 0.461. The van der Waals surface area contributed by atoms with Crippen molar-refractivity contribution >= 4 is 21.6 Å². The molecular formula is C10H10BrF2N3. The van der Waals surface area contributed by atoms with E-state index in [1.807, 2.05) is 6.07 Å². The number of benzene rings is 1. The van der Waals surface area contributed by atoms with Gasteiger partial charge in [-0.25, -0.2) is 8.78 Å². The van der Waals surface area contributed by atoms with E-state index in [4.69, 9.17) is 11.0 Å². The summed E-state index contributed by atoms with van der Waals surface area (Å²) in [6, 6.07) is 6.63. The molecule has 1 aromatic rings. The molecule has 0 aliphatic heterocycles. The molecule has 0 amide bonds. The topological polar surface area (TPSA) is 61.8 Å². The minimum Gasteiger partial charge on any atom is -0.378 e. The number of halogens is 3. The van der Waals surface area contributed by atoms with Gasteiger partial charge in [-0.05, 0) is 34.1 Å². The average molecular weight is 290 g/mol. The Balaban J connectivity index is 2.73. The Bertz CT molecular complexity index is 415. The van der Waals surface area contributed by atoms with E-state index in [0.717, 1.165) is 0 Å². The van der Waals surface area contributed by atoms with E-state index in [0.29, 0.717) is 15.7 Å². The van der Waals surface area contributed by atoms with Crippen LogP contribution in [0.2, 0.25) is 0 Å². The number of anilines is 1. The zero-order chi connectivity index (χ0) is 12.2. The first-order chi connectivity index (χ1) is 7.48. The number of hydrogen-bond donors (Lipinski definition) is 2. The van der Waals surface area contributed by atoms with E-state index in [2.05, 4.69) is 21.2 Å². The fraction of sp³-hybridized carbons (Fsp3) is 0.300. The number of rotatable bonds is 4. The second-order valence-electron chi connectivity index (χ2n) is 3.22. The Morgan fingerprint density at radius 3 is 2.69 bits per heavy atom. The second kappa shape index (κ2) is 5.23. The number of nitriles is 1. The van der Waals surface area contributed by atoms with Gasteiger partial charge in [0.05, 0.1) is 24.7 Å². The second-order valence-corrected chi connectivity index (χ2v) is 4.07. The highest BCUT2D eigenvalue weighted by molar-refractivity contribution is 9.10. The Morgan fingerprint density at radius 2 is 2.19 bits per heavy atom. The lowest BCUT2D eigenvalue weighted by Gasteiger charge is -2.16. The van der Waals surface area contributed by atoms with Crippen molar-refractivity contribution < 1.29 is 8.78 Å². The van der Waals surface area contributed by atoms with Crippen molar-refractivity contribution in [3.8, 4) is 6.07 Å². The molecule has 0 fully saturated rings. The van der Waals surface area contributed by atoms with Crippen LogP contribution in [0.15, 0.2) is 22.7 Å². The summed E-state index contributed by atoms with van der Waals surface area (Å²) in [7, 11) is 0. The summed E-state index contributed by atoms with van der Waals surface area (Å²) in [6.07, 6.45) is 0. The number of nitrogens with zero attached hydrogens (tertiary/aromatic N) is 1. The SMILES string of the molecule is N#Cc1ccc(NCC(F)(F)CN)c(Br)c1. The number of nitrogens with two attached hydrogens (primary N) is 1. The molecule has 3 nitrogen and oxygen atoms in total. The normalized spacial score (nSPS) is 10.9. The molecule has 0 bridgehead atoms. The van der Waals surface area contributed by atoms with Crippen LogP contribution in [0.25, 0.3) is 0 Å². The van der Waals surface area contributed by atoms with Gasteiger partial charge in [-0.3, -0.25) is 0 Å². The molecule has 0 spiro atoms. The third-order valence-corrected chi connectivity index (χ3v) is 2.59. The predicted molar refractivity (Wildman–Crippen MR) is 61.3 cm³/mol. The molecular weight excluding hydrogens is 280 g/mol. The van der Waals surface area contributed by atoms with Gasteiger partial charge in [-0.15, -0.1) is 0 Å². The number of nitrogens with one attached hydrogen (secondary N) is 1. The van der Waals surface area contributed by atoms with E-state index in [1.54, 1.807) is 18.2 Å². The van der Waals surface area contributed by atoms with E-state index >= 15 is 0 Å². The van der Waals surface area contributed by atoms with Crippen molar-refractivity contribution in [3.05, 3.63) is 28.2 Å². The van der Waals surface area contributed by atoms with Crippen LogP contribution in [0.1, 0.15) is 5.56 Å². The van der Waals surface area contributed by atoms with Crippen LogP contribution in [0.5, 0.6) is 0 Å². The van der Waals surface area contributed by atoms with Crippen molar-refractivity contribution in [1.82, 2.24) is 0 Å². The van der Waals surface area contributed by atoms with Crippen LogP contribution in [-0.4, -0.2) is 19.0 Å². The first-order valence-corrected chi connectivity index (χ1v) is 5.29. The van der Waals surface area contributed by atoms with Crippen molar-refractivity contribution in [2.45, 2.75) is 5.92 Å². The van der Waals surface area contributed by atoms with Gasteiger partial charge in [-0.2, -0.15) is 5.26 Å². The third-order valence-electron chi connectivity index (χ3n) is 1.93. The minimum atomic E-state index is -2.94. The summed E-state index contributed by atoms with van der Waals surface area (Å²) in [5.74, 6) is -2.94. The Labute approximate surface area is 100 Å². The van der Waals surface area contributed by atoms with Crippen molar-refractivity contribution in [1.29, 1.82) is 5.26 Å². The zero-order valence-corrected chi connectivity index (χ0v) is 9.89. The molecule has 0 aliphatic rings. The van der Waals surface area contributed by atoms with Gasteiger partial charge in [0, 0.05) is 10.2 Å². The Morgan fingerprint density at radius 1 is 1.50 bits per heavy atom. The maximum absolute atomic E-state index is 12.9. The molecule has 0 atom stereocenters. The van der Waals surface area contributed by atoms with Crippen LogP contribution in [0.4, 0.5) is 14.5 Å². The molecule has 0 saturated carbocycles. The first kappa shape index (κ1) is 12.9. The average Bonchev–Trinajstić information content (AvgIpc) is 2.27. The van der Waals surface area contributed by atoms with Gasteiger partial charge in [0.15, 0.2) is 0 Å². The summed E-state index contributed by atoms with van der Waals surface area (Å²) < 4.78 is 26.3. The molecule has 6 heteroatoms. The quantitative estimate of drug-likeness (QED) is 0.894. The lowest BCUT2D eigenvalue weighted by molar-refractivity contribution is 0.0254. The summed E-state index contributed by atoms with van der Waals surface area (Å²) in [6.45, 7) is -1.23. The highest BCUT2D eigenvalue weighted by Gasteiger charge is 2.26. The largest absolute Gasteiger partial charge is 0.378 e. The van der Waals surface area contributed by atoms with Crippen LogP contribution >= 0.6 is 15.9 Å².